The van der Waals surface area contributed by atoms with Gasteiger partial charge in [0, 0.05) is 0 Å². The molecule has 0 saturated carbocycles. The van der Waals surface area contributed by atoms with Crippen molar-refractivity contribution < 1.29 is 20.1 Å². The molecule has 4 N–H and O–H groups in total. The molecule has 0 spiro atoms. The zero-order valence-electron chi connectivity index (χ0n) is 43.9. The molecule has 0 aromatic carbocycles. The molecule has 0 aliphatic carbocycles. The number of amides is 1. The number of hydrogen-bond donors (Lipinski definition) is 4. The number of rotatable bonds is 54. The standard InChI is InChI=1S/C60H115NO4/c1-3-5-7-9-11-13-15-17-19-21-23-24-25-26-27-28-29-30-31-32-33-34-36-37-39-41-43-45-47-49-51-53-57(63)55-60(65)61-58(56-62)59(64)54-52-50-48-46-44-42-40-38-35-22-20-18-16-14-12-10-8-6-4-2/h23-24,26-27,52,54,57-59,62-64H,3-22,25,28-51,53,55-56H2,1-2H3,(H,61,65)/b24-23-,27-26-,54-52+. The van der Waals surface area contributed by atoms with Crippen LogP contribution >= 0.6 is 0 Å². The van der Waals surface area contributed by atoms with Gasteiger partial charge in [-0.05, 0) is 51.4 Å². The summed E-state index contributed by atoms with van der Waals surface area (Å²) in [5.41, 5.74) is 0. The van der Waals surface area contributed by atoms with Crippen molar-refractivity contribution in [1.29, 1.82) is 0 Å². The van der Waals surface area contributed by atoms with Gasteiger partial charge in [-0.25, -0.2) is 0 Å². The van der Waals surface area contributed by atoms with Gasteiger partial charge in [0.2, 0.25) is 5.91 Å². The highest BCUT2D eigenvalue weighted by Crippen LogP contribution is 2.17. The van der Waals surface area contributed by atoms with Crippen molar-refractivity contribution in [3.8, 4) is 0 Å². The number of allylic oxidation sites excluding steroid dienone is 5. The van der Waals surface area contributed by atoms with Crippen molar-refractivity contribution >= 4 is 5.91 Å². The van der Waals surface area contributed by atoms with E-state index in [-0.39, 0.29) is 18.9 Å². The Morgan fingerprint density at radius 2 is 0.692 bits per heavy atom. The van der Waals surface area contributed by atoms with E-state index in [0.29, 0.717) is 6.42 Å². The maximum atomic E-state index is 12.5. The summed E-state index contributed by atoms with van der Waals surface area (Å²) in [5, 5.41) is 33.5. The zero-order valence-corrected chi connectivity index (χ0v) is 43.9. The van der Waals surface area contributed by atoms with Crippen LogP contribution in [-0.2, 0) is 4.79 Å². The van der Waals surface area contributed by atoms with E-state index in [1.165, 1.54) is 257 Å². The SMILES string of the molecule is CCCCCCCCCCC/C=C\C/C=C\CCCCCCCCCCCCCCCCCC(O)CC(=O)NC(CO)C(O)/C=C/CCCCCCCCCCCCCCCCCCC. The summed E-state index contributed by atoms with van der Waals surface area (Å²) in [6, 6.07) is -0.744. The van der Waals surface area contributed by atoms with Crippen LogP contribution in [-0.4, -0.2) is 46.1 Å². The number of carbonyl (C=O) groups excluding carboxylic acids is 1. The second kappa shape index (κ2) is 55.2. The van der Waals surface area contributed by atoms with Gasteiger partial charge in [0.15, 0.2) is 0 Å². The maximum Gasteiger partial charge on any atom is 0.222 e. The molecule has 3 unspecified atom stereocenters. The summed E-state index contributed by atoms with van der Waals surface area (Å²) in [6.07, 6.45) is 72.0. The van der Waals surface area contributed by atoms with Crippen molar-refractivity contribution in [3.63, 3.8) is 0 Å². The van der Waals surface area contributed by atoms with Gasteiger partial charge < -0.3 is 20.6 Å². The molecule has 384 valence electrons. The van der Waals surface area contributed by atoms with Crippen molar-refractivity contribution in [3.05, 3.63) is 36.5 Å². The molecule has 0 heterocycles. The lowest BCUT2D eigenvalue weighted by atomic mass is 10.0. The topological polar surface area (TPSA) is 89.8 Å². The number of unbranched alkanes of at least 4 members (excludes halogenated alkanes) is 41. The molecule has 0 aromatic heterocycles. The molecule has 5 heteroatoms. The summed E-state index contributed by atoms with van der Waals surface area (Å²) in [6.45, 7) is 4.24. The van der Waals surface area contributed by atoms with Crippen LogP contribution in [0.25, 0.3) is 0 Å². The minimum atomic E-state index is -0.929. The molecular weight excluding hydrogens is 799 g/mol. The number of hydrogen-bond acceptors (Lipinski definition) is 4. The van der Waals surface area contributed by atoms with E-state index in [1.807, 2.05) is 6.08 Å². The predicted octanol–water partition coefficient (Wildman–Crippen LogP) is 18.2. The second-order valence-corrected chi connectivity index (χ2v) is 20.3. The van der Waals surface area contributed by atoms with Crippen LogP contribution < -0.4 is 5.32 Å². The van der Waals surface area contributed by atoms with Crippen LogP contribution in [0.15, 0.2) is 36.5 Å². The van der Waals surface area contributed by atoms with E-state index >= 15 is 0 Å². The van der Waals surface area contributed by atoms with Gasteiger partial charge in [0.1, 0.15) is 0 Å². The van der Waals surface area contributed by atoms with Gasteiger partial charge in [-0.2, -0.15) is 0 Å². The van der Waals surface area contributed by atoms with Crippen LogP contribution in [0, 0.1) is 0 Å². The molecule has 0 fully saturated rings. The highest BCUT2D eigenvalue weighted by molar-refractivity contribution is 5.76. The van der Waals surface area contributed by atoms with Gasteiger partial charge in [-0.3, -0.25) is 4.79 Å². The molecule has 0 radical (unpaired) electrons. The van der Waals surface area contributed by atoms with E-state index in [0.717, 1.165) is 32.1 Å². The highest BCUT2D eigenvalue weighted by Gasteiger charge is 2.20. The molecule has 1 amide bonds. The number of aliphatic hydroxyl groups excluding tert-OH is 3. The van der Waals surface area contributed by atoms with E-state index in [2.05, 4.69) is 43.5 Å². The summed E-state index contributed by atoms with van der Waals surface area (Å²) < 4.78 is 0. The lowest BCUT2D eigenvalue weighted by molar-refractivity contribution is -0.124. The molecule has 5 nitrogen and oxygen atoms in total. The normalized spacial score (nSPS) is 13.5. The van der Waals surface area contributed by atoms with E-state index in [9.17, 15) is 20.1 Å². The monoisotopic (exact) mass is 914 g/mol. The largest absolute Gasteiger partial charge is 0.394 e. The molecule has 0 aliphatic heterocycles. The first kappa shape index (κ1) is 63.6. The predicted molar refractivity (Wildman–Crippen MR) is 287 cm³/mol. The van der Waals surface area contributed by atoms with E-state index < -0.39 is 18.2 Å². The third-order valence-electron chi connectivity index (χ3n) is 13.7. The molecular formula is C60H115NO4. The molecule has 0 rings (SSSR count). The lowest BCUT2D eigenvalue weighted by Crippen LogP contribution is -2.45. The van der Waals surface area contributed by atoms with Gasteiger partial charge in [0.25, 0.3) is 0 Å². The third kappa shape index (κ3) is 51.8. The Hall–Kier alpha value is -1.43. The Labute approximate surface area is 406 Å². The first-order valence-electron chi connectivity index (χ1n) is 29.3. The Kier molecular flexibility index (Phi) is 54.0. The second-order valence-electron chi connectivity index (χ2n) is 20.3. The number of carbonyl (C=O) groups is 1. The van der Waals surface area contributed by atoms with Crippen molar-refractivity contribution in [2.45, 2.75) is 334 Å². The average molecular weight is 915 g/mol. The van der Waals surface area contributed by atoms with Crippen LogP contribution in [0.5, 0.6) is 0 Å². The van der Waals surface area contributed by atoms with Crippen molar-refractivity contribution in [1.82, 2.24) is 5.32 Å². The fourth-order valence-electron chi connectivity index (χ4n) is 9.20. The first-order valence-corrected chi connectivity index (χ1v) is 29.3. The molecule has 3 atom stereocenters. The van der Waals surface area contributed by atoms with Gasteiger partial charge in [-0.15, -0.1) is 0 Å². The summed E-state index contributed by atoms with van der Waals surface area (Å²) >= 11 is 0. The van der Waals surface area contributed by atoms with E-state index in [4.69, 9.17) is 0 Å². The zero-order chi connectivity index (χ0) is 47.2. The minimum absolute atomic E-state index is 0.0154. The number of aliphatic hydroxyl groups is 3. The Balaban J connectivity index is 3.54. The smallest absolute Gasteiger partial charge is 0.222 e. The quantitative estimate of drug-likeness (QED) is 0.0361. The van der Waals surface area contributed by atoms with Crippen LogP contribution in [0.3, 0.4) is 0 Å². The Bertz CT molecular complexity index is 1010. The number of nitrogens with one attached hydrogen (secondary N) is 1. The minimum Gasteiger partial charge on any atom is -0.394 e. The van der Waals surface area contributed by atoms with Crippen LogP contribution in [0.2, 0.25) is 0 Å². The lowest BCUT2D eigenvalue weighted by Gasteiger charge is -2.21. The average Bonchev–Trinajstić information content (AvgIpc) is 3.30. The third-order valence-corrected chi connectivity index (χ3v) is 13.7. The van der Waals surface area contributed by atoms with Crippen LogP contribution in [0.4, 0.5) is 0 Å². The summed E-state index contributed by atoms with van der Waals surface area (Å²) in [5.74, 6) is -0.311. The van der Waals surface area contributed by atoms with Crippen molar-refractivity contribution in [2.75, 3.05) is 6.61 Å². The summed E-state index contributed by atoms with van der Waals surface area (Å²) in [4.78, 5) is 12.5. The molecule has 65 heavy (non-hydrogen) atoms. The first-order chi connectivity index (χ1) is 32.0. The van der Waals surface area contributed by atoms with Gasteiger partial charge in [0.05, 0.1) is 31.3 Å². The molecule has 0 aromatic rings. The fourth-order valence-corrected chi connectivity index (χ4v) is 9.20. The summed E-state index contributed by atoms with van der Waals surface area (Å²) in [7, 11) is 0. The van der Waals surface area contributed by atoms with Gasteiger partial charge >= 0.3 is 0 Å². The van der Waals surface area contributed by atoms with Crippen LogP contribution in [0.1, 0.15) is 316 Å². The van der Waals surface area contributed by atoms with E-state index in [1.54, 1.807) is 6.08 Å². The van der Waals surface area contributed by atoms with Gasteiger partial charge in [-0.1, -0.05) is 294 Å². The van der Waals surface area contributed by atoms with Crippen molar-refractivity contribution in [2.24, 2.45) is 0 Å². The fraction of sp³-hybridized carbons (Fsp3) is 0.883. The molecule has 0 aliphatic rings. The molecule has 0 bridgehead atoms. The Morgan fingerprint density at radius 1 is 0.400 bits per heavy atom. The Morgan fingerprint density at radius 3 is 1.02 bits per heavy atom. The highest BCUT2D eigenvalue weighted by atomic mass is 16.3. The molecule has 0 saturated heterocycles. The maximum absolute atomic E-state index is 12.5.